The maximum atomic E-state index is 15.0. The molecule has 0 bridgehead atoms. The van der Waals surface area contributed by atoms with Crippen LogP contribution in [0.5, 0.6) is 17.2 Å². The zero-order valence-corrected chi connectivity index (χ0v) is 41.3. The number of amides is 1. The smallest absolute Gasteiger partial charge is 0.273 e. The van der Waals surface area contributed by atoms with Crippen LogP contribution in [0.25, 0.3) is 0 Å². The Morgan fingerprint density at radius 2 is 1.60 bits per heavy atom. The second-order valence-electron chi connectivity index (χ2n) is 18.9. The summed E-state index contributed by atoms with van der Waals surface area (Å²) < 4.78 is 26.9. The lowest BCUT2D eigenvalue weighted by Gasteiger charge is -2.60. The molecule has 1 fully saturated rings. The molecule has 382 valence electrons. The van der Waals surface area contributed by atoms with Gasteiger partial charge >= 0.3 is 0 Å². The molecule has 1 amide bonds. The van der Waals surface area contributed by atoms with Gasteiger partial charge in [-0.25, -0.2) is 0 Å². The molecule has 0 unspecified atom stereocenters. The summed E-state index contributed by atoms with van der Waals surface area (Å²) in [5, 5.41) is 46.4. The Bertz CT molecular complexity index is 2150. The third-order valence-electron chi connectivity index (χ3n) is 14.1. The first-order valence-electron chi connectivity index (χ1n) is 25.9. The standard InChI is InChI=1S/C56H77N3O11/c1-3-5-6-7-8-9-10-11-15-27-53(63)58(30-35-66-36-33-62)52-40-50(57-68-41-42-21-13-12-14-22-42)48-37-43(23-16-18-31-60)47(26-17-19-32-61)54-49-39-46(69-45-25-20-24-44(38-45)59(64)65)28-29-51(49)70-56(52,55(48)54)67-34-4-2/h4,12-14,20-22,24-25,28-29,37-39,43,47,52,54-55,60-62H,2-3,5-11,15-19,23,26-27,30-36,40-41H2,1H3/t43-,47+,52-,54+,55+,56+/m0/s1. The summed E-state index contributed by atoms with van der Waals surface area (Å²) in [7, 11) is 0. The molecule has 0 saturated heterocycles. The number of hydrogen-bond acceptors (Lipinski definition) is 12. The van der Waals surface area contributed by atoms with Crippen LogP contribution in [0.2, 0.25) is 0 Å². The highest BCUT2D eigenvalue weighted by Gasteiger charge is 2.65. The van der Waals surface area contributed by atoms with Gasteiger partial charge in [0.1, 0.15) is 29.9 Å². The highest BCUT2D eigenvalue weighted by atomic mass is 16.7. The average Bonchev–Trinajstić information content (AvgIpc) is 3.37. The maximum absolute atomic E-state index is 15.0. The van der Waals surface area contributed by atoms with Crippen LogP contribution in [-0.4, -0.2) is 94.8 Å². The molecule has 1 saturated carbocycles. The molecule has 6 atom stereocenters. The van der Waals surface area contributed by atoms with E-state index in [-0.39, 0.29) is 88.6 Å². The summed E-state index contributed by atoms with van der Waals surface area (Å²) in [6, 6.07) is 20.8. The Hall–Kier alpha value is -5.12. The molecule has 14 heteroatoms. The average molecular weight is 968 g/mol. The number of allylic oxidation sites excluding steroid dienone is 1. The zero-order chi connectivity index (χ0) is 49.6. The summed E-state index contributed by atoms with van der Waals surface area (Å²) in [5.41, 5.74) is 3.32. The maximum Gasteiger partial charge on any atom is 0.273 e. The van der Waals surface area contributed by atoms with Crippen molar-refractivity contribution in [1.82, 2.24) is 4.90 Å². The van der Waals surface area contributed by atoms with Gasteiger partial charge in [0.2, 0.25) is 11.7 Å². The number of rotatable bonds is 33. The Labute approximate surface area is 414 Å². The minimum atomic E-state index is -1.46. The zero-order valence-electron chi connectivity index (χ0n) is 41.3. The van der Waals surface area contributed by atoms with Crippen LogP contribution in [0.4, 0.5) is 5.69 Å². The molecule has 14 nitrogen and oxygen atoms in total. The number of nitro benzene ring substituents is 1. The van der Waals surface area contributed by atoms with Crippen molar-refractivity contribution in [1.29, 1.82) is 0 Å². The van der Waals surface area contributed by atoms with Crippen LogP contribution >= 0.6 is 0 Å². The molecule has 2 aliphatic carbocycles. The van der Waals surface area contributed by atoms with Crippen molar-refractivity contribution in [2.45, 2.75) is 140 Å². The first kappa shape index (κ1) is 54.2. The number of benzene rings is 3. The number of unbranched alkanes of at least 4 members (excludes halogenated alkanes) is 10. The number of nitrogens with zero attached hydrogens (tertiary/aromatic N) is 3. The summed E-state index contributed by atoms with van der Waals surface area (Å²) in [6.45, 7) is 7.12. The van der Waals surface area contributed by atoms with Crippen LogP contribution in [0.3, 0.4) is 0 Å². The van der Waals surface area contributed by atoms with Gasteiger partial charge < -0.3 is 44.0 Å². The molecule has 70 heavy (non-hydrogen) atoms. The number of aliphatic hydroxyl groups excluding tert-OH is 3. The third-order valence-corrected chi connectivity index (χ3v) is 14.1. The van der Waals surface area contributed by atoms with E-state index >= 15 is 4.79 Å². The van der Waals surface area contributed by atoms with Gasteiger partial charge in [-0.05, 0) is 79.3 Å². The molecule has 1 heterocycles. The summed E-state index contributed by atoms with van der Waals surface area (Å²) in [6.07, 6.45) is 18.9. The minimum absolute atomic E-state index is 0.0121. The lowest BCUT2D eigenvalue weighted by molar-refractivity contribution is -0.384. The molecular weight excluding hydrogens is 891 g/mol. The monoisotopic (exact) mass is 968 g/mol. The van der Waals surface area contributed by atoms with E-state index in [1.165, 1.54) is 44.2 Å². The first-order valence-corrected chi connectivity index (χ1v) is 25.9. The molecule has 1 aliphatic heterocycles. The number of carbonyl (C=O) groups is 1. The minimum Gasteiger partial charge on any atom is -0.459 e. The number of nitro groups is 1. The number of fused-ring (bicyclic) bond motifs is 2. The first-order chi connectivity index (χ1) is 34.3. The van der Waals surface area contributed by atoms with E-state index in [1.54, 1.807) is 24.3 Å². The topological polar surface area (TPSA) is 183 Å². The fourth-order valence-electron chi connectivity index (χ4n) is 10.8. The largest absolute Gasteiger partial charge is 0.459 e. The highest BCUT2D eigenvalue weighted by Crippen LogP contribution is 2.62. The van der Waals surface area contributed by atoms with Crippen molar-refractivity contribution in [3.05, 3.63) is 118 Å². The number of aliphatic hydroxyl groups is 3. The Kier molecular flexibility index (Phi) is 22.2. The van der Waals surface area contributed by atoms with Crippen LogP contribution in [0.15, 0.2) is 102 Å². The van der Waals surface area contributed by atoms with Gasteiger partial charge in [-0.2, -0.15) is 0 Å². The molecule has 0 aromatic heterocycles. The van der Waals surface area contributed by atoms with E-state index in [0.717, 1.165) is 68.1 Å². The molecule has 3 aromatic rings. The Morgan fingerprint density at radius 1 is 0.871 bits per heavy atom. The van der Waals surface area contributed by atoms with Crippen molar-refractivity contribution in [3.63, 3.8) is 0 Å². The van der Waals surface area contributed by atoms with E-state index in [9.17, 15) is 25.4 Å². The molecule has 3 aromatic carbocycles. The lowest BCUT2D eigenvalue weighted by atomic mass is 9.55. The number of hydrogen-bond donors (Lipinski definition) is 3. The Balaban J connectivity index is 1.50. The number of carbonyl (C=O) groups excluding carboxylic acids is 1. The van der Waals surface area contributed by atoms with Gasteiger partial charge in [-0.15, -0.1) is 6.58 Å². The molecule has 3 aliphatic rings. The van der Waals surface area contributed by atoms with Crippen molar-refractivity contribution < 1.29 is 48.8 Å². The predicted molar refractivity (Wildman–Crippen MR) is 271 cm³/mol. The SMILES string of the molecule is C=CCO[C@@]12Oc3ccc(Oc4cccc([N+](=O)[O-])c4)cc3[C@H]3[C@H](CCCCO)[C@@H](CCCCO)C=C(C(=NOCc4ccccc4)C[C@@H]1N(CCOCCO)C(=O)CCCCCCCCCCC)[C@H]32. The van der Waals surface area contributed by atoms with Gasteiger partial charge in [0.15, 0.2) is 0 Å². The second-order valence-corrected chi connectivity index (χ2v) is 18.9. The number of non-ortho nitro benzene ring substituents is 1. The van der Waals surface area contributed by atoms with Crippen molar-refractivity contribution in [3.8, 4) is 17.2 Å². The summed E-state index contributed by atoms with van der Waals surface area (Å²) in [5.74, 6) is -1.03. The van der Waals surface area contributed by atoms with Gasteiger partial charge in [0.05, 0.1) is 49.0 Å². The second kappa shape index (κ2) is 28.7. The molecular formula is C56H77N3O11. The molecule has 0 radical (unpaired) electrons. The van der Waals surface area contributed by atoms with E-state index in [0.29, 0.717) is 42.2 Å². The number of oxime groups is 1. The van der Waals surface area contributed by atoms with Crippen molar-refractivity contribution in [2.24, 2.45) is 22.9 Å². The lowest BCUT2D eigenvalue weighted by Crippen LogP contribution is -2.70. The molecule has 6 rings (SSSR count). The van der Waals surface area contributed by atoms with Crippen LogP contribution in [0, 0.1) is 27.9 Å². The fraction of sp³-hybridized carbons (Fsp3) is 0.571. The normalized spacial score (nSPS) is 21.8. The van der Waals surface area contributed by atoms with E-state index in [4.69, 9.17) is 28.9 Å². The number of ether oxygens (including phenoxy) is 4. The van der Waals surface area contributed by atoms with Gasteiger partial charge in [-0.1, -0.05) is 125 Å². The van der Waals surface area contributed by atoms with Crippen LogP contribution < -0.4 is 9.47 Å². The van der Waals surface area contributed by atoms with E-state index < -0.39 is 22.7 Å². The van der Waals surface area contributed by atoms with Gasteiger partial charge in [0, 0.05) is 50.1 Å². The van der Waals surface area contributed by atoms with Gasteiger partial charge in [-0.3, -0.25) is 14.9 Å². The van der Waals surface area contributed by atoms with Crippen molar-refractivity contribution >= 4 is 17.3 Å². The summed E-state index contributed by atoms with van der Waals surface area (Å²) in [4.78, 5) is 34.4. The molecule has 0 spiro atoms. The Morgan fingerprint density at radius 3 is 2.31 bits per heavy atom. The van der Waals surface area contributed by atoms with Crippen molar-refractivity contribution in [2.75, 3.05) is 46.2 Å². The third kappa shape index (κ3) is 14.5. The van der Waals surface area contributed by atoms with Crippen LogP contribution in [-0.2, 0) is 25.7 Å². The van der Waals surface area contributed by atoms with Crippen LogP contribution in [0.1, 0.15) is 133 Å². The fourth-order valence-corrected chi connectivity index (χ4v) is 10.8. The van der Waals surface area contributed by atoms with E-state index in [1.807, 2.05) is 47.4 Å². The summed E-state index contributed by atoms with van der Waals surface area (Å²) >= 11 is 0. The predicted octanol–water partition coefficient (Wildman–Crippen LogP) is 11.0. The molecule has 3 N–H and O–H groups in total. The quantitative estimate of drug-likeness (QED) is 0.0229. The van der Waals surface area contributed by atoms with Gasteiger partial charge in [0.25, 0.3) is 5.69 Å². The highest BCUT2D eigenvalue weighted by molar-refractivity contribution is 6.03. The van der Waals surface area contributed by atoms with E-state index in [2.05, 4.69) is 19.6 Å².